The average molecular weight is 243 g/mol. The third-order valence-corrected chi connectivity index (χ3v) is 2.82. The lowest BCUT2D eigenvalue weighted by Gasteiger charge is -2.35. The van der Waals surface area contributed by atoms with Crippen LogP contribution >= 0.6 is 0 Å². The van der Waals surface area contributed by atoms with Gasteiger partial charge in [-0.05, 0) is 13.3 Å². The van der Waals surface area contributed by atoms with E-state index in [4.69, 9.17) is 10.5 Å². The van der Waals surface area contributed by atoms with Gasteiger partial charge in [0, 0.05) is 13.1 Å². The SMILES string of the molecule is CCNC(=O)C1COCCN1C(=O)C(N)CC. The van der Waals surface area contributed by atoms with Crippen LogP contribution in [0.4, 0.5) is 0 Å². The molecule has 1 aliphatic heterocycles. The van der Waals surface area contributed by atoms with Crippen molar-refractivity contribution in [1.82, 2.24) is 10.2 Å². The van der Waals surface area contributed by atoms with Crippen LogP contribution in [0.15, 0.2) is 0 Å². The minimum Gasteiger partial charge on any atom is -0.377 e. The molecule has 0 saturated carbocycles. The fraction of sp³-hybridized carbons (Fsp3) is 0.818. The number of rotatable bonds is 4. The molecule has 0 aromatic heterocycles. The summed E-state index contributed by atoms with van der Waals surface area (Å²) in [5, 5.41) is 2.70. The Morgan fingerprint density at radius 1 is 1.53 bits per heavy atom. The Balaban J connectivity index is 2.71. The lowest BCUT2D eigenvalue weighted by molar-refractivity contribution is -0.149. The Hall–Kier alpha value is -1.14. The summed E-state index contributed by atoms with van der Waals surface area (Å²) in [6, 6.07) is -1.08. The van der Waals surface area contributed by atoms with Crippen molar-refractivity contribution in [2.24, 2.45) is 5.73 Å². The topological polar surface area (TPSA) is 84.7 Å². The molecule has 1 saturated heterocycles. The number of nitrogens with one attached hydrogen (secondary N) is 1. The third-order valence-electron chi connectivity index (χ3n) is 2.82. The predicted octanol–water partition coefficient (Wildman–Crippen LogP) is -0.913. The standard InChI is InChI=1S/C11H21N3O3/c1-3-8(12)11(16)14-5-6-17-7-9(14)10(15)13-4-2/h8-9H,3-7,12H2,1-2H3,(H,13,15). The molecule has 1 rings (SSSR count). The van der Waals surface area contributed by atoms with Gasteiger partial charge in [-0.2, -0.15) is 0 Å². The highest BCUT2D eigenvalue weighted by atomic mass is 16.5. The largest absolute Gasteiger partial charge is 0.377 e. The Bertz CT molecular complexity index is 283. The summed E-state index contributed by atoms with van der Waals surface area (Å²) in [4.78, 5) is 25.3. The van der Waals surface area contributed by atoms with Crippen LogP contribution in [0, 0.1) is 0 Å². The highest BCUT2D eigenvalue weighted by molar-refractivity contribution is 5.90. The van der Waals surface area contributed by atoms with Gasteiger partial charge in [-0.3, -0.25) is 9.59 Å². The average Bonchev–Trinajstić information content (AvgIpc) is 2.37. The summed E-state index contributed by atoms with van der Waals surface area (Å²) >= 11 is 0. The first kappa shape index (κ1) is 13.9. The van der Waals surface area contributed by atoms with Gasteiger partial charge in [-0.25, -0.2) is 0 Å². The second-order valence-corrected chi connectivity index (χ2v) is 4.03. The lowest BCUT2D eigenvalue weighted by atomic mass is 10.1. The number of amides is 2. The molecule has 1 heterocycles. The molecule has 0 bridgehead atoms. The minimum absolute atomic E-state index is 0.174. The number of nitrogens with zero attached hydrogens (tertiary/aromatic N) is 1. The van der Waals surface area contributed by atoms with E-state index in [0.717, 1.165) is 0 Å². The number of likely N-dealkylation sites (N-methyl/N-ethyl adjacent to an activating group) is 1. The van der Waals surface area contributed by atoms with Crippen molar-refractivity contribution in [3.05, 3.63) is 0 Å². The molecule has 0 aromatic carbocycles. The molecule has 0 aliphatic carbocycles. The quantitative estimate of drug-likeness (QED) is 0.669. The Morgan fingerprint density at radius 3 is 2.82 bits per heavy atom. The maximum atomic E-state index is 12.0. The number of nitrogens with two attached hydrogens (primary N) is 1. The van der Waals surface area contributed by atoms with Gasteiger partial charge >= 0.3 is 0 Å². The van der Waals surface area contributed by atoms with Crippen molar-refractivity contribution in [2.45, 2.75) is 32.4 Å². The number of carbonyl (C=O) groups is 2. The van der Waals surface area contributed by atoms with Gasteiger partial charge < -0.3 is 20.7 Å². The molecule has 0 spiro atoms. The van der Waals surface area contributed by atoms with Crippen LogP contribution in [-0.2, 0) is 14.3 Å². The summed E-state index contributed by atoms with van der Waals surface area (Å²) in [5.41, 5.74) is 5.72. The molecule has 1 fully saturated rings. The molecular weight excluding hydrogens is 222 g/mol. The maximum Gasteiger partial charge on any atom is 0.245 e. The number of hydrogen-bond donors (Lipinski definition) is 2. The molecule has 2 unspecified atom stereocenters. The molecule has 1 aliphatic rings. The zero-order valence-corrected chi connectivity index (χ0v) is 10.4. The van der Waals surface area contributed by atoms with E-state index in [1.54, 1.807) is 0 Å². The number of ether oxygens (including phenoxy) is 1. The number of morpholine rings is 1. The summed E-state index contributed by atoms with van der Waals surface area (Å²) < 4.78 is 5.25. The number of carbonyl (C=O) groups excluding carboxylic acids is 2. The molecule has 0 aromatic rings. The van der Waals surface area contributed by atoms with E-state index in [2.05, 4.69) is 5.32 Å². The van der Waals surface area contributed by atoms with Crippen LogP contribution in [0.1, 0.15) is 20.3 Å². The van der Waals surface area contributed by atoms with E-state index in [0.29, 0.717) is 26.1 Å². The summed E-state index contributed by atoms with van der Waals surface area (Å²) in [7, 11) is 0. The van der Waals surface area contributed by atoms with Crippen LogP contribution in [0.25, 0.3) is 0 Å². The monoisotopic (exact) mass is 243 g/mol. The maximum absolute atomic E-state index is 12.0. The smallest absolute Gasteiger partial charge is 0.245 e. The van der Waals surface area contributed by atoms with Gasteiger partial charge in [-0.15, -0.1) is 0 Å². The fourth-order valence-electron chi connectivity index (χ4n) is 1.76. The molecule has 17 heavy (non-hydrogen) atoms. The Labute approximate surface area is 101 Å². The van der Waals surface area contributed by atoms with Crippen molar-refractivity contribution < 1.29 is 14.3 Å². The van der Waals surface area contributed by atoms with Crippen molar-refractivity contribution in [3.8, 4) is 0 Å². The van der Waals surface area contributed by atoms with Gasteiger partial charge in [0.05, 0.1) is 19.3 Å². The first-order valence-corrected chi connectivity index (χ1v) is 6.03. The van der Waals surface area contributed by atoms with Gasteiger partial charge in [0.25, 0.3) is 0 Å². The highest BCUT2D eigenvalue weighted by Crippen LogP contribution is 2.09. The van der Waals surface area contributed by atoms with E-state index in [1.807, 2.05) is 13.8 Å². The predicted molar refractivity (Wildman–Crippen MR) is 63.3 cm³/mol. The minimum atomic E-state index is -0.547. The van der Waals surface area contributed by atoms with Crippen molar-refractivity contribution in [2.75, 3.05) is 26.3 Å². The van der Waals surface area contributed by atoms with Crippen molar-refractivity contribution in [3.63, 3.8) is 0 Å². The van der Waals surface area contributed by atoms with Crippen LogP contribution < -0.4 is 11.1 Å². The molecule has 6 heteroatoms. The molecule has 2 amide bonds. The molecule has 0 radical (unpaired) electrons. The number of hydrogen-bond acceptors (Lipinski definition) is 4. The van der Waals surface area contributed by atoms with Crippen LogP contribution in [0.3, 0.4) is 0 Å². The fourth-order valence-corrected chi connectivity index (χ4v) is 1.76. The van der Waals surface area contributed by atoms with E-state index < -0.39 is 12.1 Å². The van der Waals surface area contributed by atoms with E-state index >= 15 is 0 Å². The molecular formula is C11H21N3O3. The van der Waals surface area contributed by atoms with E-state index in [9.17, 15) is 9.59 Å². The van der Waals surface area contributed by atoms with Gasteiger partial charge in [0.2, 0.25) is 11.8 Å². The molecule has 3 N–H and O–H groups in total. The highest BCUT2D eigenvalue weighted by Gasteiger charge is 2.34. The van der Waals surface area contributed by atoms with E-state index in [1.165, 1.54) is 4.90 Å². The van der Waals surface area contributed by atoms with Gasteiger partial charge in [0.15, 0.2) is 0 Å². The van der Waals surface area contributed by atoms with Crippen molar-refractivity contribution >= 4 is 11.8 Å². The first-order valence-electron chi connectivity index (χ1n) is 6.03. The summed E-state index contributed by atoms with van der Waals surface area (Å²) in [5.74, 6) is -0.351. The summed E-state index contributed by atoms with van der Waals surface area (Å²) in [6.45, 7) is 5.35. The van der Waals surface area contributed by atoms with Gasteiger partial charge in [-0.1, -0.05) is 6.92 Å². The second kappa shape index (κ2) is 6.56. The Kier molecular flexibility index (Phi) is 5.37. The molecule has 98 valence electrons. The second-order valence-electron chi connectivity index (χ2n) is 4.03. The molecule has 2 atom stereocenters. The summed E-state index contributed by atoms with van der Waals surface area (Å²) in [6.07, 6.45) is 0.568. The van der Waals surface area contributed by atoms with Crippen molar-refractivity contribution in [1.29, 1.82) is 0 Å². The molecule has 6 nitrogen and oxygen atoms in total. The first-order chi connectivity index (χ1) is 8.11. The van der Waals surface area contributed by atoms with E-state index in [-0.39, 0.29) is 18.4 Å². The van der Waals surface area contributed by atoms with Crippen LogP contribution in [-0.4, -0.2) is 55.1 Å². The Morgan fingerprint density at radius 2 is 2.24 bits per heavy atom. The zero-order valence-electron chi connectivity index (χ0n) is 10.4. The lowest BCUT2D eigenvalue weighted by Crippen LogP contribution is -2.59. The van der Waals surface area contributed by atoms with Crippen LogP contribution in [0.2, 0.25) is 0 Å². The third kappa shape index (κ3) is 3.41. The van der Waals surface area contributed by atoms with Crippen LogP contribution in [0.5, 0.6) is 0 Å². The zero-order chi connectivity index (χ0) is 12.8. The van der Waals surface area contributed by atoms with Gasteiger partial charge in [0.1, 0.15) is 6.04 Å². The normalized spacial score (nSPS) is 22.1.